The molecule has 0 bridgehead atoms. The maximum absolute atomic E-state index is 12.0. The summed E-state index contributed by atoms with van der Waals surface area (Å²) in [4.78, 5) is 46.8. The van der Waals surface area contributed by atoms with E-state index >= 15 is 0 Å². The summed E-state index contributed by atoms with van der Waals surface area (Å²) in [5.41, 5.74) is -3.58. The van der Waals surface area contributed by atoms with Gasteiger partial charge in [-0.15, -0.1) is 10.2 Å². The second kappa shape index (κ2) is 8.58. The first-order chi connectivity index (χ1) is 12.2. The van der Waals surface area contributed by atoms with Crippen LogP contribution in [0.25, 0.3) is 0 Å². The second-order valence-electron chi connectivity index (χ2n) is 4.65. The van der Waals surface area contributed by atoms with Crippen molar-refractivity contribution in [3.05, 3.63) is 64.6 Å². The van der Waals surface area contributed by atoms with E-state index in [9.17, 15) is 19.2 Å². The van der Waals surface area contributed by atoms with Crippen molar-refractivity contribution in [2.75, 3.05) is 0 Å². The molecule has 0 aromatic carbocycles. The summed E-state index contributed by atoms with van der Waals surface area (Å²) >= 11 is 11.4. The van der Waals surface area contributed by atoms with Crippen LogP contribution in [0.1, 0.15) is 0 Å². The summed E-state index contributed by atoms with van der Waals surface area (Å²) < 4.78 is 2.03. The van der Waals surface area contributed by atoms with E-state index in [1.54, 1.807) is 0 Å². The minimum atomic E-state index is -0.921. The fourth-order valence-electron chi connectivity index (χ4n) is 1.66. The van der Waals surface area contributed by atoms with Gasteiger partial charge in [0.25, 0.3) is 0 Å². The molecule has 2 aromatic heterocycles. The van der Waals surface area contributed by atoms with Gasteiger partial charge in [0, 0.05) is 10.1 Å². The number of H-pyrrole nitrogens is 2. The first kappa shape index (κ1) is 20.3. The summed E-state index contributed by atoms with van der Waals surface area (Å²) in [5.74, 6) is 0. The van der Waals surface area contributed by atoms with Crippen LogP contribution in [0.2, 0.25) is 0 Å². The smallest absolute Gasteiger partial charge is 0.275 e. The van der Waals surface area contributed by atoms with Crippen molar-refractivity contribution in [2.45, 2.75) is 23.4 Å². The summed E-state index contributed by atoms with van der Waals surface area (Å²) in [5, 5.41) is 12.1. The van der Waals surface area contributed by atoms with Crippen molar-refractivity contribution in [1.82, 2.24) is 29.5 Å². The summed E-state index contributed by atoms with van der Waals surface area (Å²) in [6.45, 7) is 6.68. The third-order valence-electron chi connectivity index (χ3n) is 2.70. The average Bonchev–Trinajstić information content (AvgIpc) is 2.56. The molecule has 0 radical (unpaired) electrons. The third kappa shape index (κ3) is 4.78. The summed E-state index contributed by atoms with van der Waals surface area (Å²) in [6, 6.07) is 0. The van der Waals surface area contributed by atoms with E-state index in [2.05, 4.69) is 33.6 Å². The summed E-state index contributed by atoms with van der Waals surface area (Å²) in [7, 11) is 1.80. The van der Waals surface area contributed by atoms with Crippen LogP contribution >= 0.6 is 44.8 Å². The predicted octanol–water partition coefficient (Wildman–Crippen LogP) is 0.481. The lowest BCUT2D eigenvalue weighted by molar-refractivity contribution is 0.603. The Hall–Kier alpha value is -2.02. The average molecular weight is 437 g/mol. The maximum atomic E-state index is 12.0. The number of hydrogen-bond acceptors (Lipinski definition) is 8. The Morgan fingerprint density at radius 3 is 1.50 bits per heavy atom. The SMILES string of the molecule is C=C(Cl)Cn1c(SSc2n[nH]c(=O)c(=O)n2CC(=C)Cl)n[nH]c(=O)c1=O. The number of nitrogens with one attached hydrogen (secondary N) is 2. The first-order valence-electron chi connectivity index (χ1n) is 6.60. The molecule has 0 atom stereocenters. The molecule has 0 saturated heterocycles. The van der Waals surface area contributed by atoms with E-state index in [0.717, 1.165) is 30.7 Å². The van der Waals surface area contributed by atoms with Gasteiger partial charge < -0.3 is 0 Å². The minimum absolute atomic E-state index is 0.0816. The third-order valence-corrected chi connectivity index (χ3v) is 5.09. The largest absolute Gasteiger partial charge is 0.330 e. The highest BCUT2D eigenvalue weighted by molar-refractivity contribution is 8.76. The Morgan fingerprint density at radius 2 is 1.19 bits per heavy atom. The van der Waals surface area contributed by atoms with E-state index < -0.39 is 22.2 Å². The molecular weight excluding hydrogens is 427 g/mol. The zero-order chi connectivity index (χ0) is 19.4. The molecule has 2 heterocycles. The highest BCUT2D eigenvalue weighted by Gasteiger charge is 2.15. The van der Waals surface area contributed by atoms with Gasteiger partial charge in [0.1, 0.15) is 0 Å². The molecular formula is C12H10Cl2N6O4S2. The van der Waals surface area contributed by atoms with Crippen LogP contribution in [-0.4, -0.2) is 29.5 Å². The van der Waals surface area contributed by atoms with Crippen molar-refractivity contribution in [3.63, 3.8) is 0 Å². The number of rotatable bonds is 7. The lowest BCUT2D eigenvalue weighted by Gasteiger charge is -2.10. The van der Waals surface area contributed by atoms with Gasteiger partial charge in [0.2, 0.25) is 10.3 Å². The Morgan fingerprint density at radius 1 is 0.846 bits per heavy atom. The Bertz CT molecular complexity index is 1010. The number of halogens is 2. The molecule has 2 aromatic rings. The molecule has 2 rings (SSSR count). The standard InChI is InChI=1S/C12H10Cl2N6O4S2/c1-5(13)3-19-9(23)7(21)15-17-11(19)25-26-12-18-16-8(22)10(24)20(12)4-6(2)14/h1-4H2,(H,15,21)(H,16,22). The Labute approximate surface area is 162 Å². The lowest BCUT2D eigenvalue weighted by atomic mass is 10.6. The quantitative estimate of drug-likeness (QED) is 0.472. The van der Waals surface area contributed by atoms with Gasteiger partial charge in [-0.05, 0) is 21.6 Å². The van der Waals surface area contributed by atoms with E-state index in [1.165, 1.54) is 0 Å². The topological polar surface area (TPSA) is 136 Å². The van der Waals surface area contributed by atoms with Crippen LogP contribution in [0.3, 0.4) is 0 Å². The number of aromatic amines is 2. The number of aromatic nitrogens is 6. The van der Waals surface area contributed by atoms with E-state index in [-0.39, 0.29) is 33.5 Å². The van der Waals surface area contributed by atoms with Crippen molar-refractivity contribution in [3.8, 4) is 0 Å². The fraction of sp³-hybridized carbons (Fsp3) is 0.167. The minimum Gasteiger partial charge on any atom is -0.275 e. The summed E-state index contributed by atoms with van der Waals surface area (Å²) in [6.07, 6.45) is 0. The lowest BCUT2D eigenvalue weighted by Crippen LogP contribution is -2.38. The molecule has 0 aliphatic carbocycles. The molecule has 2 N–H and O–H groups in total. The number of nitrogens with zero attached hydrogens (tertiary/aromatic N) is 4. The second-order valence-corrected chi connectivity index (χ2v) is 7.79. The van der Waals surface area contributed by atoms with Gasteiger partial charge in [0.05, 0.1) is 13.1 Å². The number of hydrogen-bond donors (Lipinski definition) is 2. The van der Waals surface area contributed by atoms with Crippen LogP contribution in [0, 0.1) is 0 Å². The molecule has 0 aliphatic rings. The van der Waals surface area contributed by atoms with Crippen molar-refractivity contribution >= 4 is 44.8 Å². The van der Waals surface area contributed by atoms with Crippen molar-refractivity contribution in [1.29, 1.82) is 0 Å². The maximum Gasteiger partial charge on any atom is 0.330 e. The van der Waals surface area contributed by atoms with E-state index in [1.807, 2.05) is 0 Å². The fourth-order valence-corrected chi connectivity index (χ4v) is 3.90. The molecule has 138 valence electrons. The molecule has 26 heavy (non-hydrogen) atoms. The van der Waals surface area contributed by atoms with Crippen LogP contribution in [-0.2, 0) is 13.1 Å². The van der Waals surface area contributed by atoms with Crippen LogP contribution < -0.4 is 22.2 Å². The van der Waals surface area contributed by atoms with Gasteiger partial charge in [0.15, 0.2) is 0 Å². The van der Waals surface area contributed by atoms with E-state index in [0.29, 0.717) is 0 Å². The molecule has 0 aliphatic heterocycles. The van der Waals surface area contributed by atoms with Gasteiger partial charge in [-0.2, -0.15) is 0 Å². The van der Waals surface area contributed by atoms with Crippen LogP contribution in [0.4, 0.5) is 0 Å². The molecule has 10 nitrogen and oxygen atoms in total. The molecule has 0 fully saturated rings. The molecule has 0 unspecified atom stereocenters. The highest BCUT2D eigenvalue weighted by Crippen LogP contribution is 2.33. The Balaban J connectivity index is 2.41. The van der Waals surface area contributed by atoms with Gasteiger partial charge in [-0.25, -0.2) is 10.2 Å². The van der Waals surface area contributed by atoms with Crippen LogP contribution in [0.5, 0.6) is 0 Å². The van der Waals surface area contributed by atoms with Gasteiger partial charge in [-0.1, -0.05) is 36.4 Å². The van der Waals surface area contributed by atoms with Gasteiger partial charge in [-0.3, -0.25) is 28.3 Å². The van der Waals surface area contributed by atoms with E-state index in [4.69, 9.17) is 23.2 Å². The monoisotopic (exact) mass is 436 g/mol. The molecule has 0 amide bonds. The molecule has 0 saturated carbocycles. The zero-order valence-corrected chi connectivity index (χ0v) is 16.0. The molecule has 0 spiro atoms. The van der Waals surface area contributed by atoms with Crippen molar-refractivity contribution in [2.24, 2.45) is 0 Å². The van der Waals surface area contributed by atoms with Crippen LogP contribution in [0.15, 0.2) is 52.7 Å². The highest BCUT2D eigenvalue weighted by atomic mass is 35.5. The Kier molecular flexibility index (Phi) is 6.69. The van der Waals surface area contributed by atoms with Crippen molar-refractivity contribution < 1.29 is 0 Å². The zero-order valence-electron chi connectivity index (χ0n) is 12.8. The first-order valence-corrected chi connectivity index (χ1v) is 9.51. The molecule has 14 heteroatoms. The number of allylic oxidation sites excluding steroid dienone is 2. The van der Waals surface area contributed by atoms with Gasteiger partial charge >= 0.3 is 22.2 Å². The normalized spacial score (nSPS) is 10.7. The predicted molar refractivity (Wildman–Crippen MR) is 99.9 cm³/mol.